The van der Waals surface area contributed by atoms with Gasteiger partial charge in [-0.15, -0.1) is 0 Å². The van der Waals surface area contributed by atoms with E-state index in [9.17, 15) is 0 Å². The largest absolute Gasteiger partial charge is 0.308 e. The van der Waals surface area contributed by atoms with Gasteiger partial charge >= 0.3 is 0 Å². The van der Waals surface area contributed by atoms with E-state index in [0.29, 0.717) is 11.6 Å². The molecule has 0 spiro atoms. The van der Waals surface area contributed by atoms with Crippen LogP contribution in [-0.2, 0) is 6.42 Å². The van der Waals surface area contributed by atoms with Crippen molar-refractivity contribution in [3.63, 3.8) is 0 Å². The number of hydrogen-bond donors (Lipinski definition) is 1. The molecular weight excluding hydrogens is 244 g/mol. The number of piperazine rings is 1. The maximum atomic E-state index is 3.78. The first kappa shape index (κ1) is 15.5. The lowest BCUT2D eigenvalue weighted by atomic mass is 9.88. The molecule has 1 aliphatic rings. The van der Waals surface area contributed by atoms with Crippen LogP contribution in [0.5, 0.6) is 0 Å². The summed E-state index contributed by atoms with van der Waals surface area (Å²) in [7, 11) is 0. The van der Waals surface area contributed by atoms with Crippen molar-refractivity contribution < 1.29 is 0 Å². The average molecular weight is 274 g/mol. The zero-order valence-corrected chi connectivity index (χ0v) is 13.4. The maximum absolute atomic E-state index is 3.78. The minimum atomic E-state index is 0.346. The molecule has 0 aromatic heterocycles. The van der Waals surface area contributed by atoms with Gasteiger partial charge in [0.1, 0.15) is 0 Å². The fraction of sp³-hybridized carbons (Fsp3) is 0.667. The first-order valence-electron chi connectivity index (χ1n) is 8.22. The van der Waals surface area contributed by atoms with Gasteiger partial charge in [-0.05, 0) is 44.7 Å². The predicted octanol–water partition coefficient (Wildman–Crippen LogP) is 3.47. The molecule has 1 N–H and O–H groups in total. The van der Waals surface area contributed by atoms with Crippen LogP contribution in [0.25, 0.3) is 0 Å². The van der Waals surface area contributed by atoms with Crippen molar-refractivity contribution in [3.8, 4) is 0 Å². The zero-order valence-electron chi connectivity index (χ0n) is 13.4. The summed E-state index contributed by atoms with van der Waals surface area (Å²) in [6.07, 6.45) is 4.91. The summed E-state index contributed by atoms with van der Waals surface area (Å²) in [4.78, 5) is 2.69. The van der Waals surface area contributed by atoms with Gasteiger partial charge in [0.05, 0.1) is 0 Å². The molecule has 0 radical (unpaired) electrons. The lowest BCUT2D eigenvalue weighted by Gasteiger charge is -2.46. The second-order valence-electron chi connectivity index (χ2n) is 6.28. The Morgan fingerprint density at radius 2 is 1.90 bits per heavy atom. The van der Waals surface area contributed by atoms with Crippen molar-refractivity contribution in [1.82, 2.24) is 10.2 Å². The van der Waals surface area contributed by atoms with Crippen molar-refractivity contribution >= 4 is 0 Å². The van der Waals surface area contributed by atoms with E-state index in [2.05, 4.69) is 61.3 Å². The Morgan fingerprint density at radius 1 is 1.20 bits per heavy atom. The van der Waals surface area contributed by atoms with Gasteiger partial charge in [-0.2, -0.15) is 0 Å². The molecule has 20 heavy (non-hydrogen) atoms. The molecule has 1 aromatic rings. The molecule has 0 saturated carbocycles. The highest BCUT2D eigenvalue weighted by Gasteiger charge is 2.34. The Kier molecular flexibility index (Phi) is 5.62. The van der Waals surface area contributed by atoms with E-state index in [-0.39, 0.29) is 0 Å². The summed E-state index contributed by atoms with van der Waals surface area (Å²) >= 11 is 0. The predicted molar refractivity (Wildman–Crippen MR) is 87.1 cm³/mol. The van der Waals surface area contributed by atoms with Crippen molar-refractivity contribution in [2.24, 2.45) is 0 Å². The summed E-state index contributed by atoms with van der Waals surface area (Å²) in [5.41, 5.74) is 1.81. The molecule has 1 aromatic carbocycles. The number of benzene rings is 1. The molecular formula is C18H30N2. The van der Waals surface area contributed by atoms with Crippen LogP contribution in [0.1, 0.15) is 45.6 Å². The Balaban J connectivity index is 1.84. The number of hydrogen-bond acceptors (Lipinski definition) is 2. The first-order chi connectivity index (χ1) is 9.69. The van der Waals surface area contributed by atoms with Gasteiger partial charge in [0.25, 0.3) is 0 Å². The molecule has 2 rings (SSSR count). The van der Waals surface area contributed by atoms with Crippen LogP contribution >= 0.6 is 0 Å². The number of nitrogens with one attached hydrogen (secondary N) is 1. The van der Waals surface area contributed by atoms with Gasteiger partial charge in [-0.1, -0.05) is 44.2 Å². The van der Waals surface area contributed by atoms with Crippen LogP contribution in [0.2, 0.25) is 0 Å². The summed E-state index contributed by atoms with van der Waals surface area (Å²) in [6.45, 7) is 10.5. The SMILES string of the molecule is CCC1(CC)CN(CCCc2ccccc2)C(C)CN1. The van der Waals surface area contributed by atoms with Gasteiger partial charge in [0.2, 0.25) is 0 Å². The van der Waals surface area contributed by atoms with Gasteiger partial charge in [-0.3, -0.25) is 4.90 Å². The van der Waals surface area contributed by atoms with Crippen LogP contribution in [-0.4, -0.2) is 36.1 Å². The molecule has 1 unspecified atom stereocenters. The van der Waals surface area contributed by atoms with E-state index in [4.69, 9.17) is 0 Å². The minimum Gasteiger partial charge on any atom is -0.308 e. The third kappa shape index (κ3) is 3.83. The fourth-order valence-electron chi connectivity index (χ4n) is 3.25. The second kappa shape index (κ2) is 7.24. The average Bonchev–Trinajstić information content (AvgIpc) is 2.51. The van der Waals surface area contributed by atoms with Gasteiger partial charge in [0.15, 0.2) is 0 Å². The number of nitrogens with zero attached hydrogens (tertiary/aromatic N) is 1. The molecule has 2 heteroatoms. The zero-order chi connectivity index (χ0) is 14.4. The van der Waals surface area contributed by atoms with Gasteiger partial charge in [-0.25, -0.2) is 0 Å². The van der Waals surface area contributed by atoms with Crippen LogP contribution in [0.4, 0.5) is 0 Å². The van der Waals surface area contributed by atoms with Crippen LogP contribution < -0.4 is 5.32 Å². The van der Waals surface area contributed by atoms with Crippen LogP contribution in [0.3, 0.4) is 0 Å². The summed E-state index contributed by atoms with van der Waals surface area (Å²) in [5.74, 6) is 0. The lowest BCUT2D eigenvalue weighted by Crippen LogP contribution is -2.63. The third-order valence-corrected chi connectivity index (χ3v) is 5.01. The maximum Gasteiger partial charge on any atom is 0.0304 e. The topological polar surface area (TPSA) is 15.3 Å². The standard InChI is InChI=1S/C18H30N2/c1-4-18(5-2)15-20(16(3)14-19-18)13-9-12-17-10-7-6-8-11-17/h6-8,10-11,16,19H,4-5,9,12-15H2,1-3H3. The van der Waals surface area contributed by atoms with E-state index in [0.717, 1.165) is 6.54 Å². The second-order valence-corrected chi connectivity index (χ2v) is 6.28. The normalized spacial score (nSPS) is 22.9. The molecule has 1 aliphatic heterocycles. The highest BCUT2D eigenvalue weighted by Crippen LogP contribution is 2.22. The Labute approximate surface area is 124 Å². The Bertz CT molecular complexity index is 384. The van der Waals surface area contributed by atoms with Crippen molar-refractivity contribution in [1.29, 1.82) is 0 Å². The quantitative estimate of drug-likeness (QED) is 0.854. The molecule has 1 heterocycles. The lowest BCUT2D eigenvalue weighted by molar-refractivity contribution is 0.0799. The monoisotopic (exact) mass is 274 g/mol. The van der Waals surface area contributed by atoms with Gasteiger partial charge in [0, 0.05) is 24.7 Å². The first-order valence-corrected chi connectivity index (χ1v) is 8.22. The molecule has 2 nitrogen and oxygen atoms in total. The molecule has 0 amide bonds. The Morgan fingerprint density at radius 3 is 2.55 bits per heavy atom. The number of rotatable bonds is 6. The molecule has 0 bridgehead atoms. The fourth-order valence-corrected chi connectivity index (χ4v) is 3.25. The highest BCUT2D eigenvalue weighted by molar-refractivity contribution is 5.14. The van der Waals surface area contributed by atoms with Crippen molar-refractivity contribution in [3.05, 3.63) is 35.9 Å². The molecule has 1 atom stereocenters. The van der Waals surface area contributed by atoms with E-state index in [1.165, 1.54) is 44.3 Å². The smallest absolute Gasteiger partial charge is 0.0304 e. The summed E-state index contributed by atoms with van der Waals surface area (Å²) in [5, 5.41) is 3.78. The van der Waals surface area contributed by atoms with E-state index < -0.39 is 0 Å². The van der Waals surface area contributed by atoms with Crippen molar-refractivity contribution in [2.75, 3.05) is 19.6 Å². The van der Waals surface area contributed by atoms with E-state index in [1.807, 2.05) is 0 Å². The highest BCUT2D eigenvalue weighted by atomic mass is 15.2. The number of aryl methyl sites for hydroxylation is 1. The summed E-state index contributed by atoms with van der Waals surface area (Å²) in [6, 6.07) is 11.5. The third-order valence-electron chi connectivity index (χ3n) is 5.01. The van der Waals surface area contributed by atoms with Crippen molar-refractivity contribution in [2.45, 2.75) is 58.0 Å². The molecule has 1 fully saturated rings. The van der Waals surface area contributed by atoms with E-state index in [1.54, 1.807) is 0 Å². The minimum absolute atomic E-state index is 0.346. The van der Waals surface area contributed by atoms with Gasteiger partial charge < -0.3 is 5.32 Å². The van der Waals surface area contributed by atoms with Crippen LogP contribution in [0.15, 0.2) is 30.3 Å². The molecule has 0 aliphatic carbocycles. The van der Waals surface area contributed by atoms with Crippen LogP contribution in [0, 0.1) is 0 Å². The Hall–Kier alpha value is -0.860. The summed E-state index contributed by atoms with van der Waals surface area (Å²) < 4.78 is 0. The van der Waals surface area contributed by atoms with E-state index >= 15 is 0 Å². The molecule has 112 valence electrons. The molecule has 1 saturated heterocycles.